The molecule has 1 aromatic heterocycles. The Bertz CT molecular complexity index is 827. The summed E-state index contributed by atoms with van der Waals surface area (Å²) >= 11 is 7.80. The van der Waals surface area contributed by atoms with Crippen molar-refractivity contribution < 1.29 is 8.42 Å². The van der Waals surface area contributed by atoms with Crippen molar-refractivity contribution in [3.05, 3.63) is 62.1 Å². The van der Waals surface area contributed by atoms with E-state index < -0.39 is 10.0 Å². The number of hydrogen-bond acceptors (Lipinski definition) is 3. The Kier molecular flexibility index (Phi) is 4.92. The number of hydrogen-bond donors (Lipinski definition) is 0. The molecule has 0 saturated carbocycles. The number of sulfonamides is 1. The lowest BCUT2D eigenvalue weighted by molar-refractivity contribution is 0.307. The molecule has 0 fully saturated rings. The molecule has 2 aromatic rings. The van der Waals surface area contributed by atoms with Gasteiger partial charge >= 0.3 is 0 Å². The van der Waals surface area contributed by atoms with E-state index in [0.29, 0.717) is 17.1 Å². The van der Waals surface area contributed by atoms with Crippen LogP contribution >= 0.6 is 22.9 Å². The van der Waals surface area contributed by atoms with Crippen LogP contribution in [0.5, 0.6) is 0 Å². The van der Waals surface area contributed by atoms with Gasteiger partial charge in [0, 0.05) is 21.9 Å². The van der Waals surface area contributed by atoms with Crippen LogP contribution in [0.1, 0.15) is 35.4 Å². The van der Waals surface area contributed by atoms with Crippen LogP contribution in [0, 0.1) is 0 Å². The summed E-state index contributed by atoms with van der Waals surface area (Å²) in [6, 6.07) is 9.19. The molecule has 0 N–H and O–H groups in total. The van der Waals surface area contributed by atoms with Gasteiger partial charge in [0.15, 0.2) is 0 Å². The van der Waals surface area contributed by atoms with E-state index in [1.807, 2.05) is 30.5 Å². The fourth-order valence-corrected chi connectivity index (χ4v) is 5.51. The van der Waals surface area contributed by atoms with Crippen LogP contribution in [0.3, 0.4) is 0 Å². The number of rotatable bonds is 4. The third-order valence-corrected chi connectivity index (χ3v) is 7.00. The highest BCUT2D eigenvalue weighted by atomic mass is 35.5. The molecule has 0 spiro atoms. The zero-order chi connectivity index (χ0) is 16.4. The SMILES string of the molecule is CCC1c2ccsc2CCN1S(=O)(=O)/C=C/c1ccccc1Cl. The van der Waals surface area contributed by atoms with Gasteiger partial charge in [-0.15, -0.1) is 11.3 Å². The van der Waals surface area contributed by atoms with Crippen molar-refractivity contribution >= 4 is 39.0 Å². The van der Waals surface area contributed by atoms with Gasteiger partial charge in [-0.2, -0.15) is 4.31 Å². The Morgan fingerprint density at radius 2 is 2.13 bits per heavy atom. The standard InChI is InChI=1S/C17H18ClNO2S2/c1-2-16-14-8-11-22-17(14)7-10-19(16)23(20,21)12-9-13-5-3-4-6-15(13)18/h3-6,8-9,11-12,16H,2,7,10H2,1H3/b12-9+. The molecule has 2 heterocycles. The molecule has 3 rings (SSSR count). The minimum Gasteiger partial charge on any atom is -0.207 e. The maximum absolute atomic E-state index is 12.8. The number of halogens is 1. The highest BCUT2D eigenvalue weighted by Crippen LogP contribution is 2.37. The largest absolute Gasteiger partial charge is 0.236 e. The summed E-state index contributed by atoms with van der Waals surface area (Å²) in [5.41, 5.74) is 1.86. The molecule has 1 unspecified atom stereocenters. The molecule has 1 aliphatic rings. The van der Waals surface area contributed by atoms with E-state index >= 15 is 0 Å². The molecule has 0 radical (unpaired) electrons. The second-order valence-electron chi connectivity index (χ2n) is 5.45. The van der Waals surface area contributed by atoms with Gasteiger partial charge in [-0.1, -0.05) is 36.7 Å². The minimum absolute atomic E-state index is 0.0779. The average Bonchev–Trinajstić information content (AvgIpc) is 3.01. The molecule has 0 bridgehead atoms. The summed E-state index contributed by atoms with van der Waals surface area (Å²) in [4.78, 5) is 1.30. The third kappa shape index (κ3) is 3.38. The van der Waals surface area contributed by atoms with Gasteiger partial charge in [-0.3, -0.25) is 0 Å². The molecule has 122 valence electrons. The first-order valence-electron chi connectivity index (χ1n) is 7.53. The van der Waals surface area contributed by atoms with E-state index in [0.717, 1.165) is 18.4 Å². The number of nitrogens with zero attached hydrogens (tertiary/aromatic N) is 1. The van der Waals surface area contributed by atoms with Crippen molar-refractivity contribution in [1.29, 1.82) is 0 Å². The Morgan fingerprint density at radius 3 is 2.87 bits per heavy atom. The lowest BCUT2D eigenvalue weighted by Gasteiger charge is -2.33. The van der Waals surface area contributed by atoms with Gasteiger partial charge < -0.3 is 0 Å². The molecule has 1 aromatic carbocycles. The predicted octanol–water partition coefficient (Wildman–Crippen LogP) is 4.71. The van der Waals surface area contributed by atoms with Gasteiger partial charge in [-0.05, 0) is 47.6 Å². The number of benzene rings is 1. The summed E-state index contributed by atoms with van der Waals surface area (Å²) in [5.74, 6) is 0. The molecule has 23 heavy (non-hydrogen) atoms. The summed E-state index contributed by atoms with van der Waals surface area (Å²) in [5, 5.41) is 3.86. The van der Waals surface area contributed by atoms with Gasteiger partial charge in [0.1, 0.15) is 0 Å². The monoisotopic (exact) mass is 367 g/mol. The van der Waals surface area contributed by atoms with Crippen LogP contribution in [0.4, 0.5) is 0 Å². The molecule has 3 nitrogen and oxygen atoms in total. The van der Waals surface area contributed by atoms with Crippen molar-refractivity contribution in [2.75, 3.05) is 6.54 Å². The van der Waals surface area contributed by atoms with E-state index in [9.17, 15) is 8.42 Å². The minimum atomic E-state index is -3.48. The maximum Gasteiger partial charge on any atom is 0.236 e. The van der Waals surface area contributed by atoms with Crippen LogP contribution in [0.15, 0.2) is 41.1 Å². The molecule has 0 amide bonds. The smallest absolute Gasteiger partial charge is 0.207 e. The summed E-state index contributed by atoms with van der Waals surface area (Å²) in [6.07, 6.45) is 3.12. The highest BCUT2D eigenvalue weighted by molar-refractivity contribution is 7.92. The predicted molar refractivity (Wildman–Crippen MR) is 97.2 cm³/mol. The van der Waals surface area contributed by atoms with Crippen molar-refractivity contribution in [3.8, 4) is 0 Å². The lowest BCUT2D eigenvalue weighted by atomic mass is 10.0. The second kappa shape index (κ2) is 6.77. The zero-order valence-corrected chi connectivity index (χ0v) is 15.2. The van der Waals surface area contributed by atoms with Crippen LogP contribution in [-0.4, -0.2) is 19.3 Å². The Labute approximate surface area is 146 Å². The van der Waals surface area contributed by atoms with Crippen molar-refractivity contribution in [2.45, 2.75) is 25.8 Å². The summed E-state index contributed by atoms with van der Waals surface area (Å²) in [6.45, 7) is 2.55. The Morgan fingerprint density at radius 1 is 1.35 bits per heavy atom. The molecule has 0 aliphatic carbocycles. The first-order chi connectivity index (χ1) is 11.0. The topological polar surface area (TPSA) is 37.4 Å². The lowest BCUT2D eigenvalue weighted by Crippen LogP contribution is -2.38. The first-order valence-corrected chi connectivity index (χ1v) is 10.3. The molecule has 6 heteroatoms. The maximum atomic E-state index is 12.8. The third-order valence-electron chi connectivity index (χ3n) is 4.08. The first kappa shape index (κ1) is 16.7. The van der Waals surface area contributed by atoms with Crippen LogP contribution in [0.25, 0.3) is 6.08 Å². The van der Waals surface area contributed by atoms with Crippen LogP contribution in [0.2, 0.25) is 5.02 Å². The Balaban J connectivity index is 1.89. The van der Waals surface area contributed by atoms with Gasteiger partial charge in [0.05, 0.1) is 6.04 Å². The fraction of sp³-hybridized carbons (Fsp3) is 0.294. The van der Waals surface area contributed by atoms with E-state index in [2.05, 4.69) is 0 Å². The summed E-state index contributed by atoms with van der Waals surface area (Å²) < 4.78 is 27.1. The number of thiophene rings is 1. The quantitative estimate of drug-likeness (QED) is 0.784. The normalized spacial score (nSPS) is 19.1. The highest BCUT2D eigenvalue weighted by Gasteiger charge is 2.33. The van der Waals surface area contributed by atoms with E-state index in [1.54, 1.807) is 33.9 Å². The Hall–Kier alpha value is -1.14. The number of fused-ring (bicyclic) bond motifs is 1. The van der Waals surface area contributed by atoms with E-state index in [1.165, 1.54) is 10.3 Å². The van der Waals surface area contributed by atoms with Crippen LogP contribution < -0.4 is 0 Å². The van der Waals surface area contributed by atoms with Gasteiger partial charge in [0.2, 0.25) is 10.0 Å². The van der Waals surface area contributed by atoms with Gasteiger partial charge in [0.25, 0.3) is 0 Å². The van der Waals surface area contributed by atoms with Crippen molar-refractivity contribution in [2.24, 2.45) is 0 Å². The zero-order valence-electron chi connectivity index (χ0n) is 12.8. The average molecular weight is 368 g/mol. The summed E-state index contributed by atoms with van der Waals surface area (Å²) in [7, 11) is -3.48. The van der Waals surface area contributed by atoms with Crippen molar-refractivity contribution in [3.63, 3.8) is 0 Å². The fourth-order valence-electron chi connectivity index (χ4n) is 2.95. The molecule has 0 saturated heterocycles. The van der Waals surface area contributed by atoms with Gasteiger partial charge in [-0.25, -0.2) is 8.42 Å². The molecular formula is C17H18ClNO2S2. The van der Waals surface area contributed by atoms with Crippen LogP contribution in [-0.2, 0) is 16.4 Å². The van der Waals surface area contributed by atoms with E-state index in [-0.39, 0.29) is 6.04 Å². The van der Waals surface area contributed by atoms with E-state index in [4.69, 9.17) is 11.6 Å². The molecule has 1 atom stereocenters. The van der Waals surface area contributed by atoms with Crippen molar-refractivity contribution in [1.82, 2.24) is 4.31 Å². The second-order valence-corrected chi connectivity index (χ2v) is 8.63. The molecule has 1 aliphatic heterocycles. The molecular weight excluding hydrogens is 350 g/mol.